The first-order chi connectivity index (χ1) is 8.49. The van der Waals surface area contributed by atoms with Crippen molar-refractivity contribution in [2.45, 2.75) is 13.5 Å². The quantitative estimate of drug-likeness (QED) is 0.879. The van der Waals surface area contributed by atoms with Crippen LogP contribution in [0.5, 0.6) is 0 Å². The summed E-state index contributed by atoms with van der Waals surface area (Å²) in [6.07, 6.45) is 0. The number of rotatable bonds is 4. The Kier molecular flexibility index (Phi) is 3.48. The monoisotopic (exact) mass is 283 g/mol. The molecule has 0 spiro atoms. The maximum atomic E-state index is 11.3. The Hall–Kier alpha value is -1.67. The van der Waals surface area contributed by atoms with Crippen molar-refractivity contribution in [2.24, 2.45) is 5.73 Å². The molecule has 0 saturated carbocycles. The average molecular weight is 283 g/mol. The van der Waals surface area contributed by atoms with Crippen LogP contribution in [0.15, 0.2) is 5.38 Å². The molecular weight excluding hydrogens is 270 g/mol. The number of carbonyl (C=O) groups is 1. The van der Waals surface area contributed by atoms with E-state index in [2.05, 4.69) is 9.36 Å². The van der Waals surface area contributed by atoms with E-state index in [0.717, 1.165) is 22.2 Å². The van der Waals surface area contributed by atoms with Gasteiger partial charge in [0.25, 0.3) is 5.91 Å². The Morgan fingerprint density at radius 2 is 2.28 bits per heavy atom. The van der Waals surface area contributed by atoms with Gasteiger partial charge in [0.2, 0.25) is 0 Å². The van der Waals surface area contributed by atoms with Crippen LogP contribution in [0.4, 0.5) is 10.8 Å². The topological polar surface area (TPSA) is 98.1 Å². The number of aromatic nitrogens is 2. The Labute approximate surface area is 112 Å². The van der Waals surface area contributed by atoms with E-state index < -0.39 is 5.91 Å². The van der Waals surface area contributed by atoms with Crippen molar-refractivity contribution >= 4 is 39.6 Å². The summed E-state index contributed by atoms with van der Waals surface area (Å²) in [5.41, 5.74) is 12.2. The molecule has 0 aliphatic rings. The van der Waals surface area contributed by atoms with Gasteiger partial charge in [0.1, 0.15) is 10.6 Å². The minimum atomic E-state index is -0.558. The lowest BCUT2D eigenvalue weighted by Crippen LogP contribution is -2.21. The lowest BCUT2D eigenvalue weighted by Gasteiger charge is -2.16. The predicted molar refractivity (Wildman–Crippen MR) is 74.0 cm³/mol. The van der Waals surface area contributed by atoms with Gasteiger partial charge in [0, 0.05) is 12.4 Å². The zero-order valence-electron chi connectivity index (χ0n) is 10.0. The number of nitrogen functional groups attached to an aromatic ring is 1. The highest BCUT2D eigenvalue weighted by molar-refractivity contribution is 7.11. The van der Waals surface area contributed by atoms with Gasteiger partial charge in [-0.15, -0.1) is 11.3 Å². The van der Waals surface area contributed by atoms with E-state index >= 15 is 0 Å². The maximum absolute atomic E-state index is 11.3. The Bertz CT molecular complexity index is 577. The average Bonchev–Trinajstić information content (AvgIpc) is 2.84. The summed E-state index contributed by atoms with van der Waals surface area (Å²) >= 11 is 2.76. The number of amides is 1. The molecule has 0 unspecified atom stereocenters. The third kappa shape index (κ3) is 2.44. The van der Waals surface area contributed by atoms with Gasteiger partial charge >= 0.3 is 0 Å². The summed E-state index contributed by atoms with van der Waals surface area (Å²) in [6.45, 7) is 2.54. The Balaban J connectivity index is 2.23. The van der Waals surface area contributed by atoms with Crippen LogP contribution < -0.4 is 16.4 Å². The summed E-state index contributed by atoms with van der Waals surface area (Å²) in [7, 11) is 1.86. The van der Waals surface area contributed by atoms with E-state index in [9.17, 15) is 4.79 Å². The van der Waals surface area contributed by atoms with Crippen molar-refractivity contribution in [3.8, 4) is 0 Å². The van der Waals surface area contributed by atoms with Crippen LogP contribution in [0.1, 0.15) is 21.1 Å². The molecule has 2 aromatic rings. The largest absolute Gasteiger partial charge is 0.382 e. The van der Waals surface area contributed by atoms with Gasteiger partial charge in [-0.25, -0.2) is 4.98 Å². The molecule has 96 valence electrons. The molecule has 2 rings (SSSR count). The SMILES string of the molecule is Cc1nc(CN(C)c2snc(N)c2C(N)=O)cs1. The molecule has 6 nitrogen and oxygen atoms in total. The van der Waals surface area contributed by atoms with Crippen molar-refractivity contribution < 1.29 is 4.79 Å². The maximum Gasteiger partial charge on any atom is 0.255 e. The highest BCUT2D eigenvalue weighted by Gasteiger charge is 2.20. The number of nitrogens with two attached hydrogens (primary N) is 2. The molecule has 0 aliphatic heterocycles. The fraction of sp³-hybridized carbons (Fsp3) is 0.300. The molecule has 0 bridgehead atoms. The van der Waals surface area contributed by atoms with Crippen LogP contribution in [0.2, 0.25) is 0 Å². The number of hydrogen-bond donors (Lipinski definition) is 2. The lowest BCUT2D eigenvalue weighted by atomic mass is 10.3. The van der Waals surface area contributed by atoms with Gasteiger partial charge in [-0.3, -0.25) is 4.79 Å². The van der Waals surface area contributed by atoms with Crippen LogP contribution >= 0.6 is 22.9 Å². The van der Waals surface area contributed by atoms with Crippen molar-refractivity contribution in [2.75, 3.05) is 17.7 Å². The van der Waals surface area contributed by atoms with Gasteiger partial charge in [-0.1, -0.05) is 0 Å². The number of thiazole rings is 1. The van der Waals surface area contributed by atoms with Crippen LogP contribution in [0, 0.1) is 6.92 Å². The third-order valence-corrected chi connectivity index (χ3v) is 4.16. The summed E-state index contributed by atoms with van der Waals surface area (Å²) in [6, 6.07) is 0. The van der Waals surface area contributed by atoms with Crippen molar-refractivity contribution in [3.63, 3.8) is 0 Å². The van der Waals surface area contributed by atoms with E-state index in [0.29, 0.717) is 11.5 Å². The molecule has 0 saturated heterocycles. The van der Waals surface area contributed by atoms with Gasteiger partial charge in [0.05, 0.1) is 17.2 Å². The smallest absolute Gasteiger partial charge is 0.255 e. The predicted octanol–water partition coefficient (Wildman–Crippen LogP) is 1.23. The summed E-state index contributed by atoms with van der Waals surface area (Å²) < 4.78 is 3.96. The second kappa shape index (κ2) is 4.91. The van der Waals surface area contributed by atoms with E-state index in [1.807, 2.05) is 24.3 Å². The van der Waals surface area contributed by atoms with Gasteiger partial charge in [0.15, 0.2) is 5.82 Å². The molecule has 0 atom stereocenters. The molecule has 0 fully saturated rings. The molecule has 18 heavy (non-hydrogen) atoms. The molecule has 4 N–H and O–H groups in total. The molecule has 2 aromatic heterocycles. The van der Waals surface area contributed by atoms with Crippen LogP contribution in [0.3, 0.4) is 0 Å². The number of nitrogens with zero attached hydrogens (tertiary/aromatic N) is 3. The highest BCUT2D eigenvalue weighted by Crippen LogP contribution is 2.30. The van der Waals surface area contributed by atoms with E-state index in [1.54, 1.807) is 11.3 Å². The van der Waals surface area contributed by atoms with Gasteiger partial charge in [-0.2, -0.15) is 4.37 Å². The van der Waals surface area contributed by atoms with Crippen molar-refractivity contribution in [1.82, 2.24) is 9.36 Å². The number of anilines is 2. The standard InChI is InChI=1S/C10H13N5OS2/c1-5-13-6(4-17-5)3-15(2)10-7(9(12)16)8(11)14-18-10/h4H,3H2,1-2H3,(H2,11,14)(H2,12,16). The minimum Gasteiger partial charge on any atom is -0.382 e. The summed E-state index contributed by atoms with van der Waals surface area (Å²) in [5, 5.41) is 3.67. The second-order valence-electron chi connectivity index (χ2n) is 3.83. The fourth-order valence-electron chi connectivity index (χ4n) is 1.58. The normalized spacial score (nSPS) is 10.6. The Morgan fingerprint density at radius 3 is 2.83 bits per heavy atom. The zero-order chi connectivity index (χ0) is 13.3. The van der Waals surface area contributed by atoms with Crippen LogP contribution in [0.25, 0.3) is 0 Å². The molecule has 2 heterocycles. The van der Waals surface area contributed by atoms with E-state index in [1.165, 1.54) is 0 Å². The van der Waals surface area contributed by atoms with E-state index in [-0.39, 0.29) is 11.4 Å². The van der Waals surface area contributed by atoms with E-state index in [4.69, 9.17) is 11.5 Å². The second-order valence-corrected chi connectivity index (χ2v) is 5.64. The van der Waals surface area contributed by atoms with Crippen molar-refractivity contribution in [3.05, 3.63) is 21.6 Å². The zero-order valence-corrected chi connectivity index (χ0v) is 11.6. The number of hydrogen-bond acceptors (Lipinski definition) is 7. The molecule has 0 aliphatic carbocycles. The van der Waals surface area contributed by atoms with Crippen LogP contribution in [-0.4, -0.2) is 22.3 Å². The van der Waals surface area contributed by atoms with Crippen molar-refractivity contribution in [1.29, 1.82) is 0 Å². The minimum absolute atomic E-state index is 0.184. The first-order valence-electron chi connectivity index (χ1n) is 5.16. The lowest BCUT2D eigenvalue weighted by molar-refractivity contribution is 0.100. The Morgan fingerprint density at radius 1 is 1.56 bits per heavy atom. The number of aryl methyl sites for hydroxylation is 1. The molecular formula is C10H13N5OS2. The molecule has 0 aromatic carbocycles. The fourth-order valence-corrected chi connectivity index (χ4v) is 2.96. The summed E-state index contributed by atoms with van der Waals surface area (Å²) in [4.78, 5) is 17.6. The first-order valence-corrected chi connectivity index (χ1v) is 6.81. The first kappa shape index (κ1) is 12.8. The molecule has 0 radical (unpaired) electrons. The molecule has 1 amide bonds. The highest BCUT2D eigenvalue weighted by atomic mass is 32.1. The van der Waals surface area contributed by atoms with Gasteiger partial charge in [-0.05, 0) is 18.5 Å². The number of carbonyl (C=O) groups excluding carboxylic acids is 1. The molecule has 8 heteroatoms. The number of primary amides is 1. The third-order valence-electron chi connectivity index (χ3n) is 2.36. The van der Waals surface area contributed by atoms with Crippen LogP contribution in [-0.2, 0) is 6.54 Å². The summed E-state index contributed by atoms with van der Waals surface area (Å²) in [5.74, 6) is -0.374. The van der Waals surface area contributed by atoms with Gasteiger partial charge < -0.3 is 16.4 Å².